The maximum Gasteiger partial charge on any atom is 0.335 e. The first-order valence-electron chi connectivity index (χ1n) is 4.67. The summed E-state index contributed by atoms with van der Waals surface area (Å²) in [7, 11) is 1.27. The lowest BCUT2D eigenvalue weighted by Crippen LogP contribution is -2.26. The first kappa shape index (κ1) is 13.3. The molecule has 0 aliphatic heterocycles. The number of hydrogen-bond donors (Lipinski definition) is 3. The number of carbonyl (C=O) groups excluding carboxylic acids is 1. The smallest absolute Gasteiger partial charge is 0.335 e. The van der Waals surface area contributed by atoms with Gasteiger partial charge in [0, 0.05) is 10.2 Å². The van der Waals surface area contributed by atoms with E-state index in [2.05, 4.69) is 25.7 Å². The van der Waals surface area contributed by atoms with Gasteiger partial charge in [0.05, 0.1) is 7.11 Å². The largest absolute Gasteiger partial charge is 0.467 e. The van der Waals surface area contributed by atoms with Gasteiger partial charge in [0.25, 0.3) is 0 Å². The van der Waals surface area contributed by atoms with Crippen LogP contribution in [0.1, 0.15) is 11.6 Å². The van der Waals surface area contributed by atoms with Crippen LogP contribution in [-0.4, -0.2) is 19.0 Å². The molecule has 7 heteroatoms. The third-order valence-electron chi connectivity index (χ3n) is 2.04. The molecule has 0 saturated heterocycles. The van der Waals surface area contributed by atoms with Crippen molar-refractivity contribution in [1.29, 1.82) is 0 Å². The number of esters is 1. The van der Waals surface area contributed by atoms with Gasteiger partial charge < -0.3 is 21.9 Å². The Balaban J connectivity index is 3.17. The van der Waals surface area contributed by atoms with E-state index in [1.54, 1.807) is 18.2 Å². The molecule has 0 aromatic heterocycles. The Morgan fingerprint density at radius 3 is 2.59 bits per heavy atom. The second-order valence-electron chi connectivity index (χ2n) is 3.26. The molecule has 0 radical (unpaired) electrons. The molecule has 0 heterocycles. The molecule has 1 rings (SSSR count). The number of nitrogens with two attached hydrogens (primary N) is 3. The van der Waals surface area contributed by atoms with Crippen molar-refractivity contribution < 1.29 is 9.53 Å². The van der Waals surface area contributed by atoms with Crippen molar-refractivity contribution in [1.82, 2.24) is 0 Å². The summed E-state index contributed by atoms with van der Waals surface area (Å²) in [5, 5.41) is 0. The second-order valence-corrected chi connectivity index (χ2v) is 4.11. The van der Waals surface area contributed by atoms with Gasteiger partial charge >= 0.3 is 5.97 Å². The lowest BCUT2D eigenvalue weighted by atomic mass is 10.1. The van der Waals surface area contributed by atoms with Crippen molar-refractivity contribution in [3.63, 3.8) is 0 Å². The minimum absolute atomic E-state index is 0.187. The molecule has 0 saturated carbocycles. The molecule has 0 aliphatic carbocycles. The minimum Gasteiger partial charge on any atom is -0.467 e. The van der Waals surface area contributed by atoms with Gasteiger partial charge in [0.15, 0.2) is 12.0 Å². The minimum atomic E-state index is -0.887. The number of methoxy groups -OCH3 is 1. The van der Waals surface area contributed by atoms with Gasteiger partial charge in [0.2, 0.25) is 0 Å². The van der Waals surface area contributed by atoms with E-state index in [4.69, 9.17) is 17.2 Å². The molecular weight excluding hydrogens is 288 g/mol. The molecule has 0 amide bonds. The summed E-state index contributed by atoms with van der Waals surface area (Å²) in [4.78, 5) is 15.4. The molecular formula is C10H13BrN4O2. The average Bonchev–Trinajstić information content (AvgIpc) is 2.28. The summed E-state index contributed by atoms with van der Waals surface area (Å²) in [5.41, 5.74) is 17.3. The van der Waals surface area contributed by atoms with E-state index in [1.165, 1.54) is 7.11 Å². The van der Waals surface area contributed by atoms with E-state index in [-0.39, 0.29) is 5.96 Å². The summed E-state index contributed by atoms with van der Waals surface area (Å²) >= 11 is 3.26. The second kappa shape index (κ2) is 5.53. The summed E-state index contributed by atoms with van der Waals surface area (Å²) in [6.45, 7) is 0. The van der Waals surface area contributed by atoms with E-state index in [1.807, 2.05) is 0 Å². The Labute approximate surface area is 107 Å². The molecule has 1 aromatic carbocycles. The van der Waals surface area contributed by atoms with E-state index >= 15 is 0 Å². The van der Waals surface area contributed by atoms with E-state index in [9.17, 15) is 4.79 Å². The fourth-order valence-corrected chi connectivity index (χ4v) is 1.63. The highest BCUT2D eigenvalue weighted by molar-refractivity contribution is 9.10. The van der Waals surface area contributed by atoms with Crippen LogP contribution in [0.5, 0.6) is 0 Å². The van der Waals surface area contributed by atoms with Crippen LogP contribution in [0.15, 0.2) is 27.7 Å². The Morgan fingerprint density at radius 1 is 1.47 bits per heavy atom. The molecule has 0 aliphatic rings. The molecule has 0 spiro atoms. The molecule has 1 atom stereocenters. The number of nitrogen functional groups attached to an aromatic ring is 1. The fourth-order valence-electron chi connectivity index (χ4n) is 1.24. The highest BCUT2D eigenvalue weighted by Gasteiger charge is 2.21. The average molecular weight is 301 g/mol. The van der Waals surface area contributed by atoms with Crippen LogP contribution in [0.3, 0.4) is 0 Å². The molecule has 17 heavy (non-hydrogen) atoms. The molecule has 6 N–H and O–H groups in total. The van der Waals surface area contributed by atoms with Gasteiger partial charge in [-0.25, -0.2) is 9.79 Å². The Morgan fingerprint density at radius 2 is 2.12 bits per heavy atom. The number of guanidine groups is 1. The van der Waals surface area contributed by atoms with Crippen molar-refractivity contribution in [3.8, 4) is 0 Å². The van der Waals surface area contributed by atoms with Crippen LogP contribution in [0.25, 0.3) is 0 Å². The van der Waals surface area contributed by atoms with Crippen molar-refractivity contribution in [2.45, 2.75) is 6.04 Å². The number of aliphatic imine (C=N–C) groups is 1. The Hall–Kier alpha value is -1.76. The standard InChI is InChI=1S/C10H13BrN4O2/c1-17-9(16)8(15-10(13)14)5-2-3-7(12)6(11)4-5/h2-4,8H,12H2,1H3,(H4,13,14,15). The predicted molar refractivity (Wildman–Crippen MR) is 69.1 cm³/mol. The van der Waals surface area contributed by atoms with E-state index in [0.29, 0.717) is 15.7 Å². The first-order valence-corrected chi connectivity index (χ1v) is 5.46. The van der Waals surface area contributed by atoms with Crippen molar-refractivity contribution in [3.05, 3.63) is 28.2 Å². The highest BCUT2D eigenvalue weighted by Crippen LogP contribution is 2.26. The van der Waals surface area contributed by atoms with Crippen LogP contribution in [0, 0.1) is 0 Å². The number of benzene rings is 1. The monoisotopic (exact) mass is 300 g/mol. The number of rotatable bonds is 3. The maximum atomic E-state index is 11.6. The van der Waals surface area contributed by atoms with Gasteiger partial charge in [-0.2, -0.15) is 0 Å². The van der Waals surface area contributed by atoms with Crippen LogP contribution in [0.2, 0.25) is 0 Å². The number of carbonyl (C=O) groups is 1. The fraction of sp³-hybridized carbons (Fsp3) is 0.200. The summed E-state index contributed by atoms with van der Waals surface area (Å²) < 4.78 is 5.30. The lowest BCUT2D eigenvalue weighted by Gasteiger charge is -2.12. The molecule has 0 fully saturated rings. The SMILES string of the molecule is COC(=O)C(N=C(N)N)c1ccc(N)c(Br)c1. The van der Waals surface area contributed by atoms with Crippen molar-refractivity contribution in [2.75, 3.05) is 12.8 Å². The highest BCUT2D eigenvalue weighted by atomic mass is 79.9. The molecule has 0 bridgehead atoms. The van der Waals surface area contributed by atoms with E-state index in [0.717, 1.165) is 0 Å². The number of halogens is 1. The third kappa shape index (κ3) is 3.35. The first-order chi connectivity index (χ1) is 7.95. The van der Waals surface area contributed by atoms with Gasteiger partial charge in [-0.3, -0.25) is 0 Å². The van der Waals surface area contributed by atoms with Crippen LogP contribution in [-0.2, 0) is 9.53 Å². The zero-order chi connectivity index (χ0) is 13.0. The van der Waals surface area contributed by atoms with Gasteiger partial charge in [-0.15, -0.1) is 0 Å². The van der Waals surface area contributed by atoms with Gasteiger partial charge in [-0.05, 0) is 33.6 Å². The van der Waals surface area contributed by atoms with Crippen LogP contribution in [0.4, 0.5) is 5.69 Å². The Kier molecular flexibility index (Phi) is 4.33. The summed E-state index contributed by atoms with van der Waals surface area (Å²) in [6, 6.07) is 4.09. The Bertz CT molecular complexity index is 458. The van der Waals surface area contributed by atoms with Crippen molar-refractivity contribution >= 4 is 33.5 Å². The normalized spacial score (nSPS) is 11.6. The van der Waals surface area contributed by atoms with Gasteiger partial charge in [-0.1, -0.05) is 6.07 Å². The number of ether oxygens (including phenoxy) is 1. The van der Waals surface area contributed by atoms with Crippen LogP contribution < -0.4 is 17.2 Å². The number of nitrogens with zero attached hydrogens (tertiary/aromatic N) is 1. The zero-order valence-corrected chi connectivity index (χ0v) is 10.8. The molecule has 1 aromatic rings. The molecule has 92 valence electrons. The summed E-state index contributed by atoms with van der Waals surface area (Å²) in [5.74, 6) is -0.733. The summed E-state index contributed by atoms with van der Waals surface area (Å²) in [6.07, 6.45) is 0. The molecule has 1 unspecified atom stereocenters. The predicted octanol–water partition coefficient (Wildman–Crippen LogP) is 0.519. The topological polar surface area (TPSA) is 117 Å². The third-order valence-corrected chi connectivity index (χ3v) is 2.73. The maximum absolute atomic E-state index is 11.6. The quantitative estimate of drug-likeness (QED) is 0.326. The van der Waals surface area contributed by atoms with E-state index < -0.39 is 12.0 Å². The molecule has 6 nitrogen and oxygen atoms in total. The number of hydrogen-bond acceptors (Lipinski definition) is 4. The lowest BCUT2D eigenvalue weighted by molar-refractivity contribution is -0.142. The zero-order valence-electron chi connectivity index (χ0n) is 9.18. The van der Waals surface area contributed by atoms with Crippen LogP contribution >= 0.6 is 15.9 Å². The van der Waals surface area contributed by atoms with Crippen molar-refractivity contribution in [2.24, 2.45) is 16.5 Å². The van der Waals surface area contributed by atoms with Gasteiger partial charge in [0.1, 0.15) is 0 Å². The number of anilines is 1.